The molecule has 3 aromatic carbocycles. The van der Waals surface area contributed by atoms with Crippen LogP contribution in [0.15, 0.2) is 99.9 Å². The molecule has 0 radical (unpaired) electrons. The van der Waals surface area contributed by atoms with Gasteiger partial charge in [0.25, 0.3) is 5.56 Å². The summed E-state index contributed by atoms with van der Waals surface area (Å²) in [6.45, 7) is 2.12. The molecule has 4 aromatic rings. The van der Waals surface area contributed by atoms with E-state index in [1.165, 1.54) is 18.4 Å². The number of benzene rings is 3. The largest absolute Gasteiger partial charge is 0.488 e. The average Bonchev–Trinajstić information content (AvgIpc) is 3.22. The summed E-state index contributed by atoms with van der Waals surface area (Å²) in [5.74, 6) is 0.139. The van der Waals surface area contributed by atoms with E-state index in [1.54, 1.807) is 17.6 Å². The van der Waals surface area contributed by atoms with Gasteiger partial charge in [0.2, 0.25) is 0 Å². The first-order valence-corrected chi connectivity index (χ1v) is 12.8. The van der Waals surface area contributed by atoms with E-state index < -0.39 is 12.0 Å². The van der Waals surface area contributed by atoms with Crippen LogP contribution in [0, 0.1) is 0 Å². The number of allylic oxidation sites excluding steroid dienone is 1. The lowest BCUT2D eigenvalue weighted by molar-refractivity contribution is -0.136. The Labute approximate surface area is 222 Å². The number of carbonyl (C=O) groups is 1. The summed E-state index contributed by atoms with van der Waals surface area (Å²) < 4.78 is 13.2. The highest BCUT2D eigenvalue weighted by atomic mass is 35.5. The lowest BCUT2D eigenvalue weighted by atomic mass is 9.96. The molecule has 1 aromatic heterocycles. The number of carbonyl (C=O) groups excluding carboxylic acids is 1. The summed E-state index contributed by atoms with van der Waals surface area (Å²) >= 11 is 7.26. The average molecular weight is 531 g/mol. The van der Waals surface area contributed by atoms with Crippen molar-refractivity contribution in [3.05, 3.63) is 132 Å². The van der Waals surface area contributed by atoms with Gasteiger partial charge in [-0.15, -0.1) is 0 Å². The maximum atomic E-state index is 13.7. The van der Waals surface area contributed by atoms with Crippen molar-refractivity contribution in [3.8, 4) is 5.75 Å². The molecule has 6 nitrogen and oxygen atoms in total. The van der Waals surface area contributed by atoms with Gasteiger partial charge in [0.05, 0.1) is 29.0 Å². The van der Waals surface area contributed by atoms with Gasteiger partial charge >= 0.3 is 5.97 Å². The van der Waals surface area contributed by atoms with Crippen molar-refractivity contribution >= 4 is 35.0 Å². The Morgan fingerprint density at radius 3 is 2.49 bits per heavy atom. The molecule has 1 aliphatic heterocycles. The minimum atomic E-state index is -0.636. The van der Waals surface area contributed by atoms with E-state index in [0.717, 1.165) is 16.7 Å². The number of esters is 1. The molecule has 0 N–H and O–H groups in total. The predicted octanol–water partition coefficient (Wildman–Crippen LogP) is 4.64. The highest BCUT2D eigenvalue weighted by Gasteiger charge is 2.32. The quantitative estimate of drug-likeness (QED) is 0.341. The molecule has 1 atom stereocenters. The minimum absolute atomic E-state index is 0.237. The molecule has 186 valence electrons. The highest BCUT2D eigenvalue weighted by molar-refractivity contribution is 7.07. The van der Waals surface area contributed by atoms with E-state index in [4.69, 9.17) is 21.1 Å². The number of ether oxygens (including phenoxy) is 2. The fourth-order valence-electron chi connectivity index (χ4n) is 4.26. The van der Waals surface area contributed by atoms with Crippen LogP contribution in [-0.4, -0.2) is 17.6 Å². The Bertz CT molecular complexity index is 1670. The fraction of sp³-hybridized carbons (Fsp3) is 0.138. The molecule has 37 heavy (non-hydrogen) atoms. The number of nitrogens with zero attached hydrogens (tertiary/aromatic N) is 2. The Balaban J connectivity index is 1.58. The van der Waals surface area contributed by atoms with E-state index in [0.29, 0.717) is 38.0 Å². The minimum Gasteiger partial charge on any atom is -0.488 e. The number of para-hydroxylation sites is 1. The van der Waals surface area contributed by atoms with Crippen molar-refractivity contribution in [2.75, 3.05) is 7.11 Å². The second kappa shape index (κ2) is 10.6. The summed E-state index contributed by atoms with van der Waals surface area (Å²) in [6.07, 6.45) is 1.81. The maximum absolute atomic E-state index is 13.7. The smallest absolute Gasteiger partial charge is 0.338 e. The molecule has 5 rings (SSSR count). The van der Waals surface area contributed by atoms with Crippen LogP contribution in [0.25, 0.3) is 6.08 Å². The van der Waals surface area contributed by atoms with Gasteiger partial charge in [0.1, 0.15) is 12.4 Å². The standard InChI is InChI=1S/C29H23ClN2O4S/c1-18-25(28(34)35-2)26(20-8-4-3-5-9-20)32-27(33)24(37-29(32)31-18)16-21-10-6-7-11-23(21)36-17-19-12-14-22(30)15-13-19/h3-16,26H,17H2,1-2H3. The molecule has 0 amide bonds. The van der Waals surface area contributed by atoms with Gasteiger partial charge in [-0.2, -0.15) is 0 Å². The molecule has 0 aliphatic carbocycles. The van der Waals surface area contributed by atoms with Crippen LogP contribution in [0.5, 0.6) is 5.75 Å². The van der Waals surface area contributed by atoms with Crippen LogP contribution in [0.3, 0.4) is 0 Å². The van der Waals surface area contributed by atoms with Gasteiger partial charge in [-0.05, 0) is 42.3 Å². The number of fused-ring (bicyclic) bond motifs is 1. The van der Waals surface area contributed by atoms with E-state index in [-0.39, 0.29) is 5.56 Å². The molecular formula is C29H23ClN2O4S. The van der Waals surface area contributed by atoms with Crippen LogP contribution < -0.4 is 19.6 Å². The Morgan fingerprint density at radius 2 is 1.76 bits per heavy atom. The van der Waals surface area contributed by atoms with Gasteiger partial charge in [-0.3, -0.25) is 9.36 Å². The zero-order chi connectivity index (χ0) is 25.9. The lowest BCUT2D eigenvalue weighted by Gasteiger charge is -2.24. The fourth-order valence-corrected chi connectivity index (χ4v) is 5.42. The molecule has 0 saturated carbocycles. The summed E-state index contributed by atoms with van der Waals surface area (Å²) in [6, 6.07) is 23.8. The van der Waals surface area contributed by atoms with Crippen LogP contribution in [-0.2, 0) is 16.1 Å². The molecular weight excluding hydrogens is 508 g/mol. The third-order valence-corrected chi connectivity index (χ3v) is 7.29. The van der Waals surface area contributed by atoms with Crippen LogP contribution >= 0.6 is 22.9 Å². The van der Waals surface area contributed by atoms with E-state index >= 15 is 0 Å². The molecule has 2 heterocycles. The monoisotopic (exact) mass is 530 g/mol. The number of hydrogen-bond acceptors (Lipinski definition) is 6. The molecule has 0 saturated heterocycles. The summed E-state index contributed by atoms with van der Waals surface area (Å²) in [5.41, 5.74) is 3.18. The third kappa shape index (κ3) is 5.01. The maximum Gasteiger partial charge on any atom is 0.338 e. The number of methoxy groups -OCH3 is 1. The molecule has 0 bridgehead atoms. The Morgan fingerprint density at radius 1 is 1.05 bits per heavy atom. The zero-order valence-electron chi connectivity index (χ0n) is 20.2. The SMILES string of the molecule is COC(=O)C1=C(C)N=c2sc(=Cc3ccccc3OCc3ccc(Cl)cc3)c(=O)n2C1c1ccccc1. The number of halogens is 1. The van der Waals surface area contributed by atoms with Crippen LogP contribution in [0.4, 0.5) is 0 Å². The van der Waals surface area contributed by atoms with Gasteiger partial charge in [0.15, 0.2) is 4.80 Å². The first kappa shape index (κ1) is 24.7. The molecule has 8 heteroatoms. The number of rotatable bonds is 6. The van der Waals surface area contributed by atoms with Gasteiger partial charge in [0, 0.05) is 10.6 Å². The van der Waals surface area contributed by atoms with Gasteiger partial charge in [-0.25, -0.2) is 9.79 Å². The van der Waals surface area contributed by atoms with Crippen LogP contribution in [0.2, 0.25) is 5.02 Å². The van der Waals surface area contributed by atoms with Crippen molar-refractivity contribution in [2.24, 2.45) is 4.99 Å². The second-order valence-electron chi connectivity index (χ2n) is 8.44. The summed E-state index contributed by atoms with van der Waals surface area (Å²) in [4.78, 5) is 31.6. The van der Waals surface area contributed by atoms with Crippen molar-refractivity contribution in [2.45, 2.75) is 19.6 Å². The van der Waals surface area contributed by atoms with E-state index in [9.17, 15) is 9.59 Å². The second-order valence-corrected chi connectivity index (χ2v) is 9.88. The third-order valence-electron chi connectivity index (χ3n) is 6.06. The van der Waals surface area contributed by atoms with Crippen molar-refractivity contribution < 1.29 is 14.3 Å². The molecule has 1 aliphatic rings. The zero-order valence-corrected chi connectivity index (χ0v) is 21.8. The van der Waals surface area contributed by atoms with E-state index in [2.05, 4.69) is 4.99 Å². The summed E-state index contributed by atoms with van der Waals surface area (Å²) in [5, 5.41) is 0.666. The van der Waals surface area contributed by atoms with Gasteiger partial charge in [-0.1, -0.05) is 83.6 Å². The molecule has 0 spiro atoms. The van der Waals surface area contributed by atoms with E-state index in [1.807, 2.05) is 78.9 Å². The first-order chi connectivity index (χ1) is 18.0. The van der Waals surface area contributed by atoms with Crippen molar-refractivity contribution in [1.29, 1.82) is 0 Å². The lowest BCUT2D eigenvalue weighted by Crippen LogP contribution is -2.39. The summed E-state index contributed by atoms with van der Waals surface area (Å²) in [7, 11) is 1.33. The van der Waals surface area contributed by atoms with Crippen molar-refractivity contribution in [1.82, 2.24) is 4.57 Å². The van der Waals surface area contributed by atoms with Crippen molar-refractivity contribution in [3.63, 3.8) is 0 Å². The molecule has 1 unspecified atom stereocenters. The predicted molar refractivity (Wildman–Crippen MR) is 144 cm³/mol. The topological polar surface area (TPSA) is 69.9 Å². The Kier molecular flexibility index (Phi) is 7.08. The Hall–Kier alpha value is -3.94. The number of thiazole rings is 1. The highest BCUT2D eigenvalue weighted by Crippen LogP contribution is 2.30. The number of aromatic nitrogens is 1. The number of hydrogen-bond donors (Lipinski definition) is 0. The first-order valence-electron chi connectivity index (χ1n) is 11.6. The normalized spacial score (nSPS) is 15.2. The van der Waals surface area contributed by atoms with Crippen LogP contribution in [0.1, 0.15) is 29.7 Å². The molecule has 0 fully saturated rings. The van der Waals surface area contributed by atoms with Gasteiger partial charge < -0.3 is 9.47 Å².